The number of halogens is 1. The third kappa shape index (κ3) is 2.49. The zero-order chi connectivity index (χ0) is 8.97. The summed E-state index contributed by atoms with van der Waals surface area (Å²) in [4.78, 5) is 4.14. The van der Waals surface area contributed by atoms with Crippen molar-refractivity contribution in [1.82, 2.24) is 0 Å². The van der Waals surface area contributed by atoms with Crippen LogP contribution in [-0.2, 0) is 4.74 Å². The lowest BCUT2D eigenvalue weighted by Crippen LogP contribution is -2.36. The van der Waals surface area contributed by atoms with Gasteiger partial charge in [0.1, 0.15) is 0 Å². The molecule has 1 saturated carbocycles. The summed E-state index contributed by atoms with van der Waals surface area (Å²) in [6, 6.07) is 0.321. The molecule has 0 aliphatic heterocycles. The maximum absolute atomic E-state index is 5.35. The summed E-state index contributed by atoms with van der Waals surface area (Å²) in [5.74, 6) is 0. The molecule has 0 unspecified atom stereocenters. The number of thiocarbonyl (C=S) groups is 1. The minimum atomic E-state index is 0.321. The van der Waals surface area contributed by atoms with Crippen molar-refractivity contribution in [3.63, 3.8) is 0 Å². The molecule has 4 heteroatoms. The van der Waals surface area contributed by atoms with E-state index in [0.29, 0.717) is 16.1 Å². The highest BCUT2D eigenvalue weighted by Crippen LogP contribution is 2.29. The Morgan fingerprint density at radius 1 is 1.58 bits per heavy atom. The third-order valence-corrected chi connectivity index (χ3v) is 3.97. The highest BCUT2D eigenvalue weighted by atomic mass is 127. The Morgan fingerprint density at radius 3 is 2.92 bits per heavy atom. The summed E-state index contributed by atoms with van der Waals surface area (Å²) >= 11 is 7.00. The lowest BCUT2D eigenvalue weighted by Gasteiger charge is -2.30. The number of alkyl halides is 1. The average molecular weight is 297 g/mol. The highest BCUT2D eigenvalue weighted by molar-refractivity contribution is 14.1. The fourth-order valence-corrected chi connectivity index (χ4v) is 2.85. The van der Waals surface area contributed by atoms with E-state index in [1.54, 1.807) is 7.11 Å². The number of rotatable bonds is 2. The number of aliphatic imine (C=N–C) groups is 1. The zero-order valence-corrected chi connectivity index (χ0v) is 9.97. The second kappa shape index (κ2) is 5.27. The Balaban J connectivity index is 2.58. The standard InChI is InChI=1S/C8H12INOS/c1-11-7-4-2-3-6(8(7)9)10-5-12/h6-8H,2-4H2,1H3/t6-,7+,8+/m1/s1. The third-order valence-electron chi connectivity index (χ3n) is 2.23. The van der Waals surface area contributed by atoms with Crippen molar-refractivity contribution in [2.45, 2.75) is 35.3 Å². The Morgan fingerprint density at radius 2 is 2.33 bits per heavy atom. The largest absolute Gasteiger partial charge is 0.380 e. The van der Waals surface area contributed by atoms with E-state index in [1.165, 1.54) is 6.42 Å². The first kappa shape index (κ1) is 10.6. The molecule has 0 amide bonds. The Labute approximate surface area is 91.9 Å². The molecule has 1 aliphatic rings. The highest BCUT2D eigenvalue weighted by Gasteiger charge is 2.30. The van der Waals surface area contributed by atoms with E-state index in [2.05, 4.69) is 45.0 Å². The number of hydrogen-bond donors (Lipinski definition) is 0. The SMILES string of the molecule is CO[C@H]1CCC[C@@H](N=C=S)[C@@H]1I. The first-order chi connectivity index (χ1) is 5.79. The number of methoxy groups -OCH3 is 1. The van der Waals surface area contributed by atoms with Gasteiger partial charge in [-0.2, -0.15) is 0 Å². The van der Waals surface area contributed by atoms with Crippen LogP contribution in [0.2, 0.25) is 0 Å². The summed E-state index contributed by atoms with van der Waals surface area (Å²) in [5, 5.41) is 2.46. The van der Waals surface area contributed by atoms with E-state index in [9.17, 15) is 0 Å². The Hall–Kier alpha value is 0.490. The first-order valence-electron chi connectivity index (χ1n) is 4.03. The molecule has 0 saturated heterocycles. The van der Waals surface area contributed by atoms with Gasteiger partial charge in [-0.15, -0.1) is 0 Å². The van der Waals surface area contributed by atoms with Gasteiger partial charge in [-0.1, -0.05) is 22.6 Å². The quantitative estimate of drug-likeness (QED) is 0.338. The van der Waals surface area contributed by atoms with Crippen molar-refractivity contribution in [1.29, 1.82) is 0 Å². The molecular weight excluding hydrogens is 285 g/mol. The molecule has 0 aromatic rings. The summed E-state index contributed by atoms with van der Waals surface area (Å²) in [6.45, 7) is 0. The minimum Gasteiger partial charge on any atom is -0.380 e. The average Bonchev–Trinajstić information content (AvgIpc) is 2.09. The van der Waals surface area contributed by atoms with Crippen LogP contribution in [0.5, 0.6) is 0 Å². The molecule has 1 aliphatic carbocycles. The van der Waals surface area contributed by atoms with E-state index in [0.717, 1.165) is 12.8 Å². The van der Waals surface area contributed by atoms with Crippen molar-refractivity contribution in [2.24, 2.45) is 4.99 Å². The molecule has 0 aromatic heterocycles. The van der Waals surface area contributed by atoms with E-state index in [4.69, 9.17) is 4.74 Å². The maximum atomic E-state index is 5.35. The smallest absolute Gasteiger partial charge is 0.0745 e. The molecule has 0 aromatic carbocycles. The molecule has 3 atom stereocenters. The minimum absolute atomic E-state index is 0.321. The van der Waals surface area contributed by atoms with Gasteiger partial charge in [0, 0.05) is 7.11 Å². The monoisotopic (exact) mass is 297 g/mol. The second-order valence-electron chi connectivity index (χ2n) is 2.94. The fraction of sp³-hybridized carbons (Fsp3) is 0.875. The molecule has 1 fully saturated rings. The first-order valence-corrected chi connectivity index (χ1v) is 5.69. The van der Waals surface area contributed by atoms with Gasteiger partial charge >= 0.3 is 0 Å². The Kier molecular flexibility index (Phi) is 4.64. The molecule has 68 valence electrons. The topological polar surface area (TPSA) is 21.6 Å². The van der Waals surface area contributed by atoms with Crippen LogP contribution >= 0.6 is 34.8 Å². The number of ether oxygens (including phenoxy) is 1. The second-order valence-corrected chi connectivity index (χ2v) is 4.56. The van der Waals surface area contributed by atoms with E-state index in [1.807, 2.05) is 0 Å². The lowest BCUT2D eigenvalue weighted by molar-refractivity contribution is 0.0748. The molecule has 0 spiro atoms. The van der Waals surface area contributed by atoms with Crippen LogP contribution in [0.25, 0.3) is 0 Å². The van der Waals surface area contributed by atoms with Gasteiger partial charge in [-0.25, -0.2) is 4.99 Å². The van der Waals surface area contributed by atoms with Crippen molar-refractivity contribution < 1.29 is 4.74 Å². The van der Waals surface area contributed by atoms with Gasteiger partial charge in [0.2, 0.25) is 0 Å². The molecule has 0 bridgehead atoms. The number of isothiocyanates is 1. The summed E-state index contributed by atoms with van der Waals surface area (Å²) in [5.41, 5.74) is 0. The molecule has 1 rings (SSSR count). The predicted octanol–water partition coefficient (Wildman–Crippen LogP) is 2.46. The molecule has 2 nitrogen and oxygen atoms in total. The molecule has 0 radical (unpaired) electrons. The van der Waals surface area contributed by atoms with Gasteiger partial charge in [-0.05, 0) is 31.5 Å². The predicted molar refractivity (Wildman–Crippen MR) is 61.3 cm³/mol. The molecule has 0 heterocycles. The van der Waals surface area contributed by atoms with Crippen LogP contribution < -0.4 is 0 Å². The molecule has 12 heavy (non-hydrogen) atoms. The van der Waals surface area contributed by atoms with Gasteiger partial charge in [0.15, 0.2) is 0 Å². The normalized spacial score (nSPS) is 35.7. The van der Waals surface area contributed by atoms with E-state index >= 15 is 0 Å². The number of hydrogen-bond acceptors (Lipinski definition) is 3. The Bertz CT molecular complexity index is 193. The van der Waals surface area contributed by atoms with Crippen LogP contribution in [0, 0.1) is 0 Å². The van der Waals surface area contributed by atoms with E-state index < -0.39 is 0 Å². The van der Waals surface area contributed by atoms with Crippen LogP contribution in [0.4, 0.5) is 0 Å². The van der Waals surface area contributed by atoms with Crippen molar-refractivity contribution >= 4 is 40.0 Å². The van der Waals surface area contributed by atoms with Crippen molar-refractivity contribution in [3.8, 4) is 0 Å². The summed E-state index contributed by atoms with van der Waals surface area (Å²) < 4.78 is 5.81. The maximum Gasteiger partial charge on any atom is 0.0745 e. The van der Waals surface area contributed by atoms with Gasteiger partial charge in [0.25, 0.3) is 0 Å². The van der Waals surface area contributed by atoms with Gasteiger partial charge in [0.05, 0.1) is 21.2 Å². The van der Waals surface area contributed by atoms with Gasteiger partial charge in [-0.3, -0.25) is 0 Å². The van der Waals surface area contributed by atoms with E-state index in [-0.39, 0.29) is 0 Å². The van der Waals surface area contributed by atoms with Crippen LogP contribution in [-0.4, -0.2) is 28.3 Å². The van der Waals surface area contributed by atoms with Gasteiger partial charge < -0.3 is 4.74 Å². The fourth-order valence-electron chi connectivity index (χ4n) is 1.55. The molecular formula is C8H12INOS. The lowest BCUT2D eigenvalue weighted by atomic mass is 9.93. The zero-order valence-electron chi connectivity index (χ0n) is 7.00. The summed E-state index contributed by atoms with van der Waals surface area (Å²) in [7, 11) is 1.76. The van der Waals surface area contributed by atoms with Crippen LogP contribution in [0.15, 0.2) is 4.99 Å². The van der Waals surface area contributed by atoms with Crippen LogP contribution in [0.1, 0.15) is 19.3 Å². The van der Waals surface area contributed by atoms with Crippen molar-refractivity contribution in [2.75, 3.05) is 7.11 Å². The molecule has 0 N–H and O–H groups in total. The number of nitrogens with zero attached hydrogens (tertiary/aromatic N) is 1. The van der Waals surface area contributed by atoms with Crippen LogP contribution in [0.3, 0.4) is 0 Å². The van der Waals surface area contributed by atoms with Crippen molar-refractivity contribution in [3.05, 3.63) is 0 Å². The summed E-state index contributed by atoms with van der Waals surface area (Å²) in [6.07, 6.45) is 3.80.